The van der Waals surface area contributed by atoms with Gasteiger partial charge in [-0.05, 0) is 43.3 Å². The van der Waals surface area contributed by atoms with Crippen molar-refractivity contribution in [3.63, 3.8) is 0 Å². The largest absolute Gasteiger partial charge is 0.0882 e. The summed E-state index contributed by atoms with van der Waals surface area (Å²) in [4.78, 5) is 0. The molecule has 0 saturated carbocycles. The smallest absolute Gasteiger partial charge is 0 e. The topological polar surface area (TPSA) is 0 Å². The molecule has 0 N–H and O–H groups in total. The predicted octanol–water partition coefficient (Wildman–Crippen LogP) is 3.93. The van der Waals surface area contributed by atoms with E-state index in [4.69, 9.17) is 0 Å². The summed E-state index contributed by atoms with van der Waals surface area (Å²) in [6, 6.07) is 0. The second-order valence-electron chi connectivity index (χ2n) is 3.64. The normalized spacial score (nSPS) is 20.6. The first kappa shape index (κ1) is 11.5. The van der Waals surface area contributed by atoms with Crippen molar-refractivity contribution in [1.29, 1.82) is 0 Å². The molecule has 0 heterocycles. The Labute approximate surface area is 96.7 Å². The molecule has 0 fully saturated rings. The van der Waals surface area contributed by atoms with Gasteiger partial charge in [-0.2, -0.15) is 0 Å². The Bertz CT molecular complexity index is 292. The first-order chi connectivity index (χ1) is 6.47. The summed E-state index contributed by atoms with van der Waals surface area (Å²) < 4.78 is 0. The van der Waals surface area contributed by atoms with E-state index in [1.165, 1.54) is 31.3 Å². The van der Waals surface area contributed by atoms with Crippen LogP contribution in [0.2, 0.25) is 0 Å². The molecule has 0 atom stereocenters. The second-order valence-corrected chi connectivity index (χ2v) is 3.64. The molecule has 1 heteroatoms. The van der Waals surface area contributed by atoms with E-state index in [1.807, 2.05) is 0 Å². The van der Waals surface area contributed by atoms with Crippen LogP contribution in [0.3, 0.4) is 0 Å². The van der Waals surface area contributed by atoms with E-state index < -0.39 is 0 Å². The zero-order chi connectivity index (χ0) is 8.93. The van der Waals surface area contributed by atoms with E-state index in [0.717, 1.165) is 6.42 Å². The van der Waals surface area contributed by atoms with Crippen LogP contribution in [0, 0.1) is 0 Å². The summed E-state index contributed by atoms with van der Waals surface area (Å²) in [5, 5.41) is 0. The van der Waals surface area contributed by atoms with E-state index in [-0.39, 0.29) is 16.8 Å². The summed E-state index contributed by atoms with van der Waals surface area (Å²) >= 11 is 0. The average Bonchev–Trinajstić information content (AvgIpc) is 2.55. The van der Waals surface area contributed by atoms with Crippen molar-refractivity contribution in [2.75, 3.05) is 0 Å². The zero-order valence-corrected chi connectivity index (χ0v) is 9.37. The average molecular weight is 231 g/mol. The summed E-state index contributed by atoms with van der Waals surface area (Å²) in [5.41, 5.74) is 3.12. The van der Waals surface area contributed by atoms with Gasteiger partial charge in [0.2, 0.25) is 0 Å². The van der Waals surface area contributed by atoms with Crippen LogP contribution in [0.4, 0.5) is 0 Å². The van der Waals surface area contributed by atoms with Crippen molar-refractivity contribution in [3.8, 4) is 0 Å². The molecule has 0 aromatic heterocycles. The van der Waals surface area contributed by atoms with Gasteiger partial charge < -0.3 is 0 Å². The summed E-state index contributed by atoms with van der Waals surface area (Å²) in [5.74, 6) is 0. The van der Waals surface area contributed by atoms with E-state index in [2.05, 4.69) is 36.5 Å². The van der Waals surface area contributed by atoms with E-state index >= 15 is 0 Å². The summed E-state index contributed by atoms with van der Waals surface area (Å²) in [6.07, 6.45) is 19.7. The van der Waals surface area contributed by atoms with Gasteiger partial charge in [0, 0.05) is 16.8 Å². The van der Waals surface area contributed by atoms with Crippen LogP contribution in [-0.4, -0.2) is 0 Å². The summed E-state index contributed by atoms with van der Waals surface area (Å²) in [6.45, 7) is 0. The maximum atomic E-state index is 2.42. The van der Waals surface area contributed by atoms with Gasteiger partial charge in [-0.1, -0.05) is 36.5 Å². The molecule has 2 rings (SSSR count). The van der Waals surface area contributed by atoms with Crippen LogP contribution in [0.25, 0.3) is 0 Å². The van der Waals surface area contributed by atoms with Crippen LogP contribution in [0.1, 0.15) is 32.1 Å². The third-order valence-corrected chi connectivity index (χ3v) is 2.65. The molecule has 0 aromatic carbocycles. The summed E-state index contributed by atoms with van der Waals surface area (Å²) in [7, 11) is 0. The first-order valence-corrected chi connectivity index (χ1v) is 5.17. The van der Waals surface area contributed by atoms with Gasteiger partial charge in [-0.3, -0.25) is 0 Å². The van der Waals surface area contributed by atoms with Crippen LogP contribution in [-0.2, 0) is 16.8 Å². The molecule has 77 valence electrons. The van der Waals surface area contributed by atoms with Crippen LogP contribution < -0.4 is 0 Å². The molecule has 2 aliphatic rings. The van der Waals surface area contributed by atoms with Crippen molar-refractivity contribution in [2.24, 2.45) is 0 Å². The van der Waals surface area contributed by atoms with Crippen LogP contribution >= 0.6 is 0 Å². The fraction of sp³-hybridized carbons (Fsp3) is 0.385. The minimum absolute atomic E-state index is 0. The fourth-order valence-corrected chi connectivity index (χ4v) is 1.91. The molecule has 0 aliphatic heterocycles. The van der Waals surface area contributed by atoms with E-state index in [1.54, 1.807) is 5.57 Å². The maximum absolute atomic E-state index is 2.42. The van der Waals surface area contributed by atoms with Crippen LogP contribution in [0.5, 0.6) is 0 Å². The monoisotopic (exact) mass is 231 g/mol. The van der Waals surface area contributed by atoms with Gasteiger partial charge >= 0.3 is 0 Å². The van der Waals surface area contributed by atoms with Gasteiger partial charge in [0.05, 0.1) is 0 Å². The van der Waals surface area contributed by atoms with Crippen molar-refractivity contribution >= 4 is 0 Å². The standard InChI is InChI=1S/C13H16.Co/c1-2-4-8-12(9-5-3-1)13-10-6-7-11-13;/h1-2,6-7,9-10H,3-5,8,11H2;. The van der Waals surface area contributed by atoms with Gasteiger partial charge in [0.1, 0.15) is 0 Å². The van der Waals surface area contributed by atoms with Crippen molar-refractivity contribution < 1.29 is 16.8 Å². The van der Waals surface area contributed by atoms with E-state index in [9.17, 15) is 0 Å². The van der Waals surface area contributed by atoms with Gasteiger partial charge in [-0.25, -0.2) is 0 Å². The minimum Gasteiger partial charge on any atom is -0.0882 e. The van der Waals surface area contributed by atoms with Gasteiger partial charge in [-0.15, -0.1) is 0 Å². The predicted molar refractivity (Wildman–Crippen MR) is 57.5 cm³/mol. The Balaban J connectivity index is 0.000000980. The molecule has 0 unspecified atom stereocenters. The molecule has 14 heavy (non-hydrogen) atoms. The molecule has 0 nitrogen and oxygen atoms in total. The van der Waals surface area contributed by atoms with Gasteiger partial charge in [0.25, 0.3) is 0 Å². The molecular weight excluding hydrogens is 215 g/mol. The minimum atomic E-state index is 0. The third-order valence-electron chi connectivity index (χ3n) is 2.65. The van der Waals surface area contributed by atoms with Crippen LogP contribution in [0.15, 0.2) is 47.6 Å². The quantitative estimate of drug-likeness (QED) is 0.600. The molecule has 1 radical (unpaired) electrons. The SMILES string of the molecule is C1=CCC(C2=CCCC=CCC2)=C1.[Co]. The Morgan fingerprint density at radius 1 is 0.857 bits per heavy atom. The molecule has 2 aliphatic carbocycles. The fourth-order valence-electron chi connectivity index (χ4n) is 1.91. The molecular formula is C13H16Co. The van der Waals surface area contributed by atoms with Crippen molar-refractivity contribution in [2.45, 2.75) is 32.1 Å². The number of rotatable bonds is 1. The first-order valence-electron chi connectivity index (χ1n) is 5.17. The van der Waals surface area contributed by atoms with Gasteiger partial charge in [0.15, 0.2) is 0 Å². The van der Waals surface area contributed by atoms with E-state index in [0.29, 0.717) is 0 Å². The number of hydrogen-bond donors (Lipinski definition) is 0. The zero-order valence-electron chi connectivity index (χ0n) is 8.33. The number of hydrogen-bond acceptors (Lipinski definition) is 0. The second kappa shape index (κ2) is 6.05. The number of allylic oxidation sites excluding steroid dienone is 8. The van der Waals surface area contributed by atoms with Crippen molar-refractivity contribution in [3.05, 3.63) is 47.6 Å². The Morgan fingerprint density at radius 3 is 2.50 bits per heavy atom. The Morgan fingerprint density at radius 2 is 1.71 bits per heavy atom. The Kier molecular flexibility index (Phi) is 4.98. The molecule has 0 bridgehead atoms. The molecule has 0 saturated heterocycles. The maximum Gasteiger partial charge on any atom is 0 e. The molecule has 0 amide bonds. The van der Waals surface area contributed by atoms with Crippen molar-refractivity contribution in [1.82, 2.24) is 0 Å². The molecule has 0 spiro atoms. The molecule has 0 aromatic rings. The Hall–Kier alpha value is -0.534. The third kappa shape index (κ3) is 3.00.